The zero-order valence-electron chi connectivity index (χ0n) is 11.5. The van der Waals surface area contributed by atoms with Crippen molar-refractivity contribution in [1.29, 1.82) is 0 Å². The number of hydrogen-bond donors (Lipinski definition) is 3. The molecule has 0 saturated carbocycles. The van der Waals surface area contributed by atoms with Crippen molar-refractivity contribution in [2.45, 2.75) is 32.9 Å². The van der Waals surface area contributed by atoms with E-state index in [1.807, 2.05) is 0 Å². The summed E-state index contributed by atoms with van der Waals surface area (Å²) in [6.07, 6.45) is 2.47. The fourth-order valence-electron chi connectivity index (χ4n) is 1.40. The average molecular weight is 318 g/mol. The summed E-state index contributed by atoms with van der Waals surface area (Å²) in [5, 5.41) is 10.4. The summed E-state index contributed by atoms with van der Waals surface area (Å²) >= 11 is 1.36. The molecule has 6 nitrogen and oxygen atoms in total. The van der Waals surface area contributed by atoms with Crippen LogP contribution in [0.2, 0.25) is 0 Å². The fraction of sp³-hybridized carbons (Fsp3) is 0.417. The maximum absolute atomic E-state index is 11.8. The van der Waals surface area contributed by atoms with Gasteiger partial charge in [0.1, 0.15) is 0 Å². The van der Waals surface area contributed by atoms with Crippen LogP contribution in [0.4, 0.5) is 0 Å². The summed E-state index contributed by atoms with van der Waals surface area (Å²) in [6.45, 7) is 5.36. The van der Waals surface area contributed by atoms with Gasteiger partial charge in [0, 0.05) is 23.0 Å². The molecule has 3 N–H and O–H groups in total. The Hall–Kier alpha value is -1.22. The van der Waals surface area contributed by atoms with Crippen molar-refractivity contribution < 1.29 is 18.3 Å². The zero-order valence-corrected chi connectivity index (χ0v) is 13.1. The summed E-state index contributed by atoms with van der Waals surface area (Å²) in [7, 11) is -3.60. The van der Waals surface area contributed by atoms with Gasteiger partial charge < -0.3 is 5.11 Å². The molecular formula is C12H18N2O4S2. The van der Waals surface area contributed by atoms with Crippen LogP contribution in [0.15, 0.2) is 17.5 Å². The third-order valence-corrected chi connectivity index (χ3v) is 4.39. The Kier molecular flexibility index (Phi) is 5.46. The lowest BCUT2D eigenvalue weighted by Gasteiger charge is -2.20. The number of thiophene rings is 1. The molecular weight excluding hydrogens is 300 g/mol. The summed E-state index contributed by atoms with van der Waals surface area (Å²) in [4.78, 5) is 11.2. The van der Waals surface area contributed by atoms with E-state index in [2.05, 4.69) is 9.44 Å². The van der Waals surface area contributed by atoms with Gasteiger partial charge in [0.25, 0.3) is 10.2 Å². The molecule has 0 aliphatic rings. The van der Waals surface area contributed by atoms with Gasteiger partial charge in [-0.3, -0.25) is 0 Å². The first-order valence-electron chi connectivity index (χ1n) is 5.85. The van der Waals surface area contributed by atoms with E-state index in [4.69, 9.17) is 5.11 Å². The van der Waals surface area contributed by atoms with E-state index in [1.54, 1.807) is 32.2 Å². The molecule has 0 aliphatic heterocycles. The van der Waals surface area contributed by atoms with E-state index in [0.717, 1.165) is 11.0 Å². The highest BCUT2D eigenvalue weighted by molar-refractivity contribution is 7.87. The standard InChI is InChI=1S/C12H18N2O4S2/c1-12(2,3)14-20(17,18)13-8-10-9(6-7-19-10)4-5-11(15)16/h4-7,13-14H,8H2,1-3H3,(H,15,16)/b5-4+. The van der Waals surface area contributed by atoms with E-state index in [9.17, 15) is 13.2 Å². The van der Waals surface area contributed by atoms with Crippen LogP contribution in [0.3, 0.4) is 0 Å². The quantitative estimate of drug-likeness (QED) is 0.694. The Morgan fingerprint density at radius 2 is 2.10 bits per heavy atom. The number of carboxylic acid groups (broad SMARTS) is 1. The van der Waals surface area contributed by atoms with Gasteiger partial charge in [0.05, 0.1) is 0 Å². The van der Waals surface area contributed by atoms with Crippen LogP contribution in [0, 0.1) is 0 Å². The maximum atomic E-state index is 11.8. The molecule has 1 aromatic heterocycles. The number of nitrogens with one attached hydrogen (secondary N) is 2. The Morgan fingerprint density at radius 1 is 1.45 bits per heavy atom. The maximum Gasteiger partial charge on any atom is 0.328 e. The van der Waals surface area contributed by atoms with E-state index in [-0.39, 0.29) is 6.54 Å². The molecule has 0 amide bonds. The van der Waals surface area contributed by atoms with Crippen molar-refractivity contribution in [1.82, 2.24) is 9.44 Å². The topological polar surface area (TPSA) is 95.5 Å². The minimum absolute atomic E-state index is 0.113. The van der Waals surface area contributed by atoms with Crippen LogP contribution in [0.25, 0.3) is 6.08 Å². The van der Waals surface area contributed by atoms with Crippen LogP contribution >= 0.6 is 11.3 Å². The lowest BCUT2D eigenvalue weighted by atomic mass is 10.1. The van der Waals surface area contributed by atoms with Gasteiger partial charge in [-0.2, -0.15) is 17.9 Å². The van der Waals surface area contributed by atoms with Crippen molar-refractivity contribution in [3.8, 4) is 0 Å². The van der Waals surface area contributed by atoms with Gasteiger partial charge in [-0.1, -0.05) is 0 Å². The summed E-state index contributed by atoms with van der Waals surface area (Å²) in [5.74, 6) is -1.04. The third kappa shape index (κ3) is 6.29. The molecule has 0 radical (unpaired) electrons. The highest BCUT2D eigenvalue weighted by Crippen LogP contribution is 2.18. The lowest BCUT2D eigenvalue weighted by molar-refractivity contribution is -0.131. The Bertz CT molecular complexity index is 597. The molecule has 0 fully saturated rings. The molecule has 0 aromatic carbocycles. The lowest BCUT2D eigenvalue weighted by Crippen LogP contribution is -2.46. The first kappa shape index (κ1) is 16.8. The van der Waals surface area contributed by atoms with E-state index in [1.165, 1.54) is 17.4 Å². The van der Waals surface area contributed by atoms with E-state index < -0.39 is 21.7 Å². The summed E-state index contributed by atoms with van der Waals surface area (Å²) < 4.78 is 28.5. The monoisotopic (exact) mass is 318 g/mol. The Balaban J connectivity index is 2.72. The predicted octanol–water partition coefficient (Wildman–Crippen LogP) is 1.57. The van der Waals surface area contributed by atoms with Gasteiger partial charge in [-0.25, -0.2) is 4.79 Å². The SMILES string of the molecule is CC(C)(C)NS(=O)(=O)NCc1sccc1/C=C/C(=O)O. The number of aliphatic carboxylic acids is 1. The zero-order chi connectivity index (χ0) is 15.4. The van der Waals surface area contributed by atoms with Gasteiger partial charge in [0.2, 0.25) is 0 Å². The molecule has 0 saturated heterocycles. The Morgan fingerprint density at radius 3 is 2.65 bits per heavy atom. The van der Waals surface area contributed by atoms with E-state index >= 15 is 0 Å². The molecule has 20 heavy (non-hydrogen) atoms. The summed E-state index contributed by atoms with van der Waals surface area (Å²) in [6, 6.07) is 1.74. The van der Waals surface area contributed by atoms with Gasteiger partial charge in [-0.15, -0.1) is 11.3 Å². The van der Waals surface area contributed by atoms with Crippen molar-refractivity contribution in [2.24, 2.45) is 0 Å². The van der Waals surface area contributed by atoms with Crippen molar-refractivity contribution >= 4 is 33.6 Å². The van der Waals surface area contributed by atoms with Crippen LogP contribution in [-0.2, 0) is 21.5 Å². The second-order valence-electron chi connectivity index (χ2n) is 5.15. The van der Waals surface area contributed by atoms with Gasteiger partial charge in [-0.05, 0) is 43.9 Å². The molecule has 112 valence electrons. The van der Waals surface area contributed by atoms with Crippen molar-refractivity contribution in [2.75, 3.05) is 0 Å². The second kappa shape index (κ2) is 6.49. The predicted molar refractivity (Wildman–Crippen MR) is 79.6 cm³/mol. The Labute approximate surface area is 122 Å². The smallest absolute Gasteiger partial charge is 0.328 e. The second-order valence-corrected chi connectivity index (χ2v) is 7.65. The highest BCUT2D eigenvalue weighted by Gasteiger charge is 2.19. The first-order chi connectivity index (χ1) is 9.09. The minimum atomic E-state index is -3.60. The van der Waals surface area contributed by atoms with E-state index in [0.29, 0.717) is 5.56 Å². The first-order valence-corrected chi connectivity index (χ1v) is 8.21. The third-order valence-electron chi connectivity index (χ3n) is 2.05. The highest BCUT2D eigenvalue weighted by atomic mass is 32.2. The van der Waals surface area contributed by atoms with Gasteiger partial charge in [0.15, 0.2) is 0 Å². The van der Waals surface area contributed by atoms with Crippen molar-refractivity contribution in [3.63, 3.8) is 0 Å². The minimum Gasteiger partial charge on any atom is -0.478 e. The van der Waals surface area contributed by atoms with Crippen LogP contribution < -0.4 is 9.44 Å². The molecule has 0 spiro atoms. The molecule has 0 unspecified atom stereocenters. The number of rotatable bonds is 6. The van der Waals surface area contributed by atoms with Crippen LogP contribution in [0.5, 0.6) is 0 Å². The molecule has 1 rings (SSSR count). The van der Waals surface area contributed by atoms with Crippen molar-refractivity contribution in [3.05, 3.63) is 28.0 Å². The fourth-order valence-corrected chi connectivity index (χ4v) is 3.51. The molecule has 0 aliphatic carbocycles. The van der Waals surface area contributed by atoms with Crippen LogP contribution in [-0.4, -0.2) is 25.0 Å². The normalized spacial score (nSPS) is 12.9. The summed E-state index contributed by atoms with van der Waals surface area (Å²) in [5.41, 5.74) is 0.128. The molecule has 1 heterocycles. The van der Waals surface area contributed by atoms with Gasteiger partial charge >= 0.3 is 5.97 Å². The molecule has 0 bridgehead atoms. The number of carbonyl (C=O) groups is 1. The largest absolute Gasteiger partial charge is 0.478 e. The average Bonchev–Trinajstić information content (AvgIpc) is 2.67. The molecule has 1 aromatic rings. The number of carboxylic acids is 1. The van der Waals surface area contributed by atoms with Crippen LogP contribution in [0.1, 0.15) is 31.2 Å². The molecule has 0 atom stereocenters. The number of hydrogen-bond acceptors (Lipinski definition) is 4. The molecule has 8 heteroatoms.